The number of carbonyl (C=O) groups excluding carboxylic acids is 1. The molecule has 0 N–H and O–H groups in total. The van der Waals surface area contributed by atoms with E-state index < -0.39 is 0 Å². The largest absolute Gasteiger partial charge is 0.423 e. The zero-order chi connectivity index (χ0) is 17.9. The molecule has 3 heteroatoms. The van der Waals surface area contributed by atoms with E-state index in [0.717, 1.165) is 31.4 Å². The molecule has 1 heterocycles. The summed E-state index contributed by atoms with van der Waals surface area (Å²) in [5.74, 6) is 0.370. The molecule has 0 amide bonds. The first-order valence-corrected chi connectivity index (χ1v) is 9.80. The van der Waals surface area contributed by atoms with E-state index in [9.17, 15) is 4.79 Å². The molecule has 1 atom stereocenters. The number of para-hydroxylation sites is 1. The molecule has 1 saturated heterocycles. The van der Waals surface area contributed by atoms with Gasteiger partial charge in [0, 0.05) is 5.57 Å². The van der Waals surface area contributed by atoms with Crippen LogP contribution in [-0.4, -0.2) is 18.7 Å². The predicted octanol–water partition coefficient (Wildman–Crippen LogP) is 5.62. The van der Waals surface area contributed by atoms with E-state index in [1.165, 1.54) is 38.5 Å². The topological polar surface area (TPSA) is 38.8 Å². The smallest absolute Gasteiger partial charge is 0.338 e. The van der Waals surface area contributed by atoms with Crippen molar-refractivity contribution in [1.82, 2.24) is 0 Å². The number of hydrogen-bond donors (Lipinski definition) is 0. The zero-order valence-electron chi connectivity index (χ0n) is 15.6. The van der Waals surface area contributed by atoms with Crippen molar-refractivity contribution in [2.75, 3.05) is 6.61 Å². The van der Waals surface area contributed by atoms with E-state index in [0.29, 0.717) is 23.8 Å². The summed E-state index contributed by atoms with van der Waals surface area (Å²) < 4.78 is 10.8. The molecule has 1 aliphatic heterocycles. The molecule has 0 spiro atoms. The molecular formula is C22H32O3. The molecule has 0 radical (unpaired) electrons. The van der Waals surface area contributed by atoms with Crippen LogP contribution in [0.4, 0.5) is 0 Å². The molecule has 0 aliphatic carbocycles. The van der Waals surface area contributed by atoms with Crippen molar-refractivity contribution in [2.45, 2.75) is 77.2 Å². The van der Waals surface area contributed by atoms with Crippen LogP contribution in [0.5, 0.6) is 5.75 Å². The Hall–Kier alpha value is -1.61. The van der Waals surface area contributed by atoms with Crippen LogP contribution in [0.2, 0.25) is 0 Å². The third-order valence-electron chi connectivity index (χ3n) is 4.68. The molecule has 2 rings (SSSR count). The summed E-state index contributed by atoms with van der Waals surface area (Å²) >= 11 is 0. The minimum absolute atomic E-state index is 0.312. The summed E-state index contributed by atoms with van der Waals surface area (Å²) in [6, 6.07) is 7.86. The summed E-state index contributed by atoms with van der Waals surface area (Å²) in [7, 11) is 0. The Morgan fingerprint density at radius 1 is 1.16 bits per heavy atom. The number of benzene rings is 1. The van der Waals surface area contributed by atoms with Crippen LogP contribution in [0.1, 0.15) is 70.3 Å². The monoisotopic (exact) mass is 344 g/mol. The number of unbranched alkanes of at least 4 members (excludes halogenated alkanes) is 6. The van der Waals surface area contributed by atoms with Crippen LogP contribution in [0, 0.1) is 0 Å². The van der Waals surface area contributed by atoms with E-state index in [2.05, 4.69) is 19.6 Å². The van der Waals surface area contributed by atoms with Gasteiger partial charge in [0.2, 0.25) is 0 Å². The highest BCUT2D eigenvalue weighted by Gasteiger charge is 2.23. The second-order valence-electron chi connectivity index (χ2n) is 6.97. The van der Waals surface area contributed by atoms with Gasteiger partial charge in [-0.25, -0.2) is 4.79 Å². The van der Waals surface area contributed by atoms with Gasteiger partial charge in [0.15, 0.2) is 0 Å². The molecule has 25 heavy (non-hydrogen) atoms. The van der Waals surface area contributed by atoms with Crippen LogP contribution < -0.4 is 4.74 Å². The third-order valence-corrected chi connectivity index (χ3v) is 4.68. The van der Waals surface area contributed by atoms with Crippen molar-refractivity contribution < 1.29 is 14.3 Å². The van der Waals surface area contributed by atoms with Gasteiger partial charge >= 0.3 is 5.97 Å². The van der Waals surface area contributed by atoms with Gasteiger partial charge in [-0.3, -0.25) is 0 Å². The Balaban J connectivity index is 1.72. The summed E-state index contributed by atoms with van der Waals surface area (Å²) in [4.78, 5) is 12.2. The van der Waals surface area contributed by atoms with Gasteiger partial charge in [-0.15, -0.1) is 0 Å². The van der Waals surface area contributed by atoms with Crippen LogP contribution in [0.25, 0.3) is 0 Å². The lowest BCUT2D eigenvalue weighted by molar-refractivity contribution is -0.130. The molecule has 0 bridgehead atoms. The summed E-state index contributed by atoms with van der Waals surface area (Å²) in [5, 5.41) is 0. The number of rotatable bonds is 13. The van der Waals surface area contributed by atoms with E-state index >= 15 is 0 Å². The molecule has 1 aliphatic rings. The Bertz CT molecular complexity index is 546. The number of esters is 1. The quantitative estimate of drug-likeness (QED) is 0.153. The van der Waals surface area contributed by atoms with Crippen molar-refractivity contribution in [1.29, 1.82) is 0 Å². The first-order chi connectivity index (χ1) is 12.2. The van der Waals surface area contributed by atoms with Gasteiger partial charge in [-0.1, -0.05) is 70.2 Å². The van der Waals surface area contributed by atoms with Crippen molar-refractivity contribution in [3.05, 3.63) is 42.0 Å². The standard InChI is InChI=1S/C22H32O3/c1-3-4-5-6-7-8-9-12-19-13-10-11-14-21(19)25-22(23)18(2)15-16-20-17-24-20/h10-11,13-14,20H,2-9,12,15-17H2,1H3. The number of hydrogen-bond acceptors (Lipinski definition) is 3. The summed E-state index contributed by atoms with van der Waals surface area (Å²) in [6.45, 7) is 6.91. The van der Waals surface area contributed by atoms with Gasteiger partial charge in [0.25, 0.3) is 0 Å². The molecule has 1 aromatic rings. The minimum atomic E-state index is -0.312. The Kier molecular flexibility index (Phi) is 8.75. The molecule has 1 unspecified atom stereocenters. The fraction of sp³-hybridized carbons (Fsp3) is 0.591. The highest BCUT2D eigenvalue weighted by molar-refractivity contribution is 5.89. The maximum absolute atomic E-state index is 12.2. The lowest BCUT2D eigenvalue weighted by atomic mass is 10.0. The molecule has 0 aromatic heterocycles. The fourth-order valence-electron chi connectivity index (χ4n) is 2.93. The van der Waals surface area contributed by atoms with Crippen LogP contribution in [-0.2, 0) is 16.0 Å². The summed E-state index contributed by atoms with van der Waals surface area (Å²) in [6.07, 6.45) is 11.7. The normalized spacial score (nSPS) is 15.8. The fourth-order valence-corrected chi connectivity index (χ4v) is 2.93. The highest BCUT2D eigenvalue weighted by atomic mass is 16.6. The second kappa shape index (κ2) is 11.1. The molecule has 138 valence electrons. The van der Waals surface area contributed by atoms with Crippen molar-refractivity contribution >= 4 is 5.97 Å². The minimum Gasteiger partial charge on any atom is -0.423 e. The Morgan fingerprint density at radius 2 is 1.84 bits per heavy atom. The summed E-state index contributed by atoms with van der Waals surface area (Å²) in [5.41, 5.74) is 1.64. The molecule has 1 aromatic carbocycles. The number of aryl methyl sites for hydroxylation is 1. The van der Waals surface area contributed by atoms with Gasteiger partial charge < -0.3 is 9.47 Å². The second-order valence-corrected chi connectivity index (χ2v) is 6.97. The van der Waals surface area contributed by atoms with Gasteiger partial charge in [-0.2, -0.15) is 0 Å². The van der Waals surface area contributed by atoms with Gasteiger partial charge in [-0.05, 0) is 37.3 Å². The number of ether oxygens (including phenoxy) is 2. The molecule has 3 nitrogen and oxygen atoms in total. The zero-order valence-corrected chi connectivity index (χ0v) is 15.6. The lowest BCUT2D eigenvalue weighted by Crippen LogP contribution is -2.12. The third kappa shape index (κ3) is 7.87. The average Bonchev–Trinajstić information content (AvgIpc) is 3.44. The van der Waals surface area contributed by atoms with Gasteiger partial charge in [0.05, 0.1) is 12.7 Å². The van der Waals surface area contributed by atoms with Crippen molar-refractivity contribution in [2.24, 2.45) is 0 Å². The lowest BCUT2D eigenvalue weighted by Gasteiger charge is -2.11. The molecule has 0 saturated carbocycles. The van der Waals surface area contributed by atoms with E-state index in [1.54, 1.807) is 0 Å². The van der Waals surface area contributed by atoms with Gasteiger partial charge in [0.1, 0.15) is 5.75 Å². The van der Waals surface area contributed by atoms with E-state index in [1.807, 2.05) is 18.2 Å². The first kappa shape index (κ1) is 19.7. The average molecular weight is 344 g/mol. The number of epoxide rings is 1. The SMILES string of the molecule is C=C(CCC1CO1)C(=O)Oc1ccccc1CCCCCCCCC. The number of carbonyl (C=O) groups is 1. The molecule has 1 fully saturated rings. The van der Waals surface area contributed by atoms with Crippen LogP contribution >= 0.6 is 0 Å². The van der Waals surface area contributed by atoms with Crippen LogP contribution in [0.3, 0.4) is 0 Å². The molecular weight excluding hydrogens is 312 g/mol. The van der Waals surface area contributed by atoms with Crippen molar-refractivity contribution in [3.63, 3.8) is 0 Å². The highest BCUT2D eigenvalue weighted by Crippen LogP contribution is 2.23. The van der Waals surface area contributed by atoms with Crippen molar-refractivity contribution in [3.8, 4) is 5.75 Å². The first-order valence-electron chi connectivity index (χ1n) is 9.80. The maximum Gasteiger partial charge on any atom is 0.338 e. The van der Waals surface area contributed by atoms with E-state index in [4.69, 9.17) is 9.47 Å². The Morgan fingerprint density at radius 3 is 2.56 bits per heavy atom. The maximum atomic E-state index is 12.2. The Labute approximate surface area is 152 Å². The van der Waals surface area contributed by atoms with Crippen LogP contribution in [0.15, 0.2) is 36.4 Å². The predicted molar refractivity (Wildman–Crippen MR) is 102 cm³/mol. The van der Waals surface area contributed by atoms with E-state index in [-0.39, 0.29) is 5.97 Å².